The van der Waals surface area contributed by atoms with Crippen LogP contribution in [0, 0.1) is 6.92 Å². The molecule has 1 aromatic heterocycles. The maximum absolute atomic E-state index is 10.5. The summed E-state index contributed by atoms with van der Waals surface area (Å²) in [5.74, 6) is 0.385. The first-order valence-corrected chi connectivity index (χ1v) is 3.12. The molecule has 0 aromatic carbocycles. The van der Waals surface area contributed by atoms with Crippen LogP contribution in [0.3, 0.4) is 0 Å². The Morgan fingerprint density at radius 1 is 1.73 bits per heavy atom. The van der Waals surface area contributed by atoms with Crippen LogP contribution >= 0.6 is 0 Å². The minimum Gasteiger partial charge on any atom is -0.860 e. The fraction of sp³-hybridized carbons (Fsp3) is 0.600. The van der Waals surface area contributed by atoms with Gasteiger partial charge in [0.25, 0.3) is 5.82 Å². The molecule has 11 heavy (non-hydrogen) atoms. The van der Waals surface area contributed by atoms with Gasteiger partial charge in [0, 0.05) is 12.8 Å². The minimum absolute atomic E-state index is 0.319. The minimum atomic E-state index is -0.319. The first-order chi connectivity index (χ1) is 5.09. The lowest BCUT2D eigenvalue weighted by atomic mass is 10.7. The highest BCUT2D eigenvalue weighted by Crippen LogP contribution is 1.77. The quantitative estimate of drug-likeness (QED) is 0.266. The Labute approximate surface area is 63.7 Å². The molecular formula is C5H9N5O. The van der Waals surface area contributed by atoms with Gasteiger partial charge in [0.15, 0.2) is 0 Å². The van der Waals surface area contributed by atoms with Crippen LogP contribution in [0.4, 0.5) is 0 Å². The second-order valence-corrected chi connectivity index (χ2v) is 2.15. The lowest BCUT2D eigenvalue weighted by Crippen LogP contribution is -2.33. The Morgan fingerprint density at radius 3 is 2.73 bits per heavy atom. The van der Waals surface area contributed by atoms with Gasteiger partial charge in [-0.15, -0.1) is 4.68 Å². The summed E-state index contributed by atoms with van der Waals surface area (Å²) >= 11 is 0. The van der Waals surface area contributed by atoms with Crippen molar-refractivity contribution in [3.63, 3.8) is 0 Å². The van der Waals surface area contributed by atoms with E-state index in [1.165, 1.54) is 11.6 Å². The molecule has 0 aliphatic rings. The molecule has 0 aliphatic carbocycles. The molecule has 60 valence electrons. The van der Waals surface area contributed by atoms with E-state index in [-0.39, 0.29) is 5.90 Å². The molecule has 0 saturated heterocycles. The van der Waals surface area contributed by atoms with Crippen molar-refractivity contribution in [2.45, 2.75) is 13.8 Å². The van der Waals surface area contributed by atoms with E-state index >= 15 is 0 Å². The standard InChI is InChI=1S/C5H9N5O/c1-4-6-10(7-5(2)11)8-9(4)3/h1-3H3. The van der Waals surface area contributed by atoms with Crippen molar-refractivity contribution in [2.75, 3.05) is 0 Å². The zero-order valence-electron chi connectivity index (χ0n) is 6.64. The molecule has 0 radical (unpaired) electrons. The Bertz CT molecular complexity index is 266. The smallest absolute Gasteiger partial charge is 0.297 e. The molecule has 0 spiro atoms. The number of hydrogen-bond acceptors (Lipinski definition) is 4. The Morgan fingerprint density at radius 2 is 2.36 bits per heavy atom. The molecule has 0 N–H and O–H groups in total. The molecule has 0 amide bonds. The average molecular weight is 155 g/mol. The number of hydrogen-bond donors (Lipinski definition) is 0. The van der Waals surface area contributed by atoms with Crippen molar-refractivity contribution in [1.29, 1.82) is 0 Å². The predicted molar refractivity (Wildman–Crippen MR) is 34.4 cm³/mol. The first kappa shape index (κ1) is 7.64. The summed E-state index contributed by atoms with van der Waals surface area (Å²) in [4.78, 5) is 1.01. The van der Waals surface area contributed by atoms with E-state index in [1.807, 2.05) is 0 Å². The molecule has 0 atom stereocenters. The van der Waals surface area contributed by atoms with Gasteiger partial charge in [0.2, 0.25) is 0 Å². The third-order valence-electron chi connectivity index (χ3n) is 1.15. The van der Waals surface area contributed by atoms with Gasteiger partial charge in [0.05, 0.1) is 17.4 Å². The second kappa shape index (κ2) is 2.65. The largest absolute Gasteiger partial charge is 0.860 e. The van der Waals surface area contributed by atoms with E-state index in [2.05, 4.69) is 15.4 Å². The zero-order chi connectivity index (χ0) is 8.43. The molecule has 0 saturated carbocycles. The van der Waals surface area contributed by atoms with E-state index in [4.69, 9.17) is 0 Å². The molecular weight excluding hydrogens is 146 g/mol. The van der Waals surface area contributed by atoms with Gasteiger partial charge in [0.1, 0.15) is 4.91 Å². The average Bonchev–Trinajstić information content (AvgIpc) is 2.10. The van der Waals surface area contributed by atoms with E-state index in [1.54, 1.807) is 14.0 Å². The Kier molecular flexibility index (Phi) is 1.84. The van der Waals surface area contributed by atoms with Gasteiger partial charge < -0.3 is 5.11 Å². The van der Waals surface area contributed by atoms with Crippen molar-refractivity contribution in [3.05, 3.63) is 5.82 Å². The number of nitrogens with zero attached hydrogens (tertiary/aromatic N) is 5. The summed E-state index contributed by atoms with van der Waals surface area (Å²) in [5.41, 5.74) is 0. The van der Waals surface area contributed by atoms with Gasteiger partial charge in [-0.05, 0) is 6.92 Å². The van der Waals surface area contributed by atoms with Gasteiger partial charge in [-0.1, -0.05) is 5.10 Å². The lowest BCUT2D eigenvalue weighted by Gasteiger charge is -1.93. The lowest BCUT2D eigenvalue weighted by molar-refractivity contribution is -0.738. The van der Waals surface area contributed by atoms with Crippen molar-refractivity contribution >= 4 is 5.90 Å². The summed E-state index contributed by atoms with van der Waals surface area (Å²) in [6.07, 6.45) is 0. The molecule has 1 aromatic rings. The van der Waals surface area contributed by atoms with Gasteiger partial charge in [-0.25, -0.2) is 0 Å². The van der Waals surface area contributed by atoms with Gasteiger partial charge >= 0.3 is 0 Å². The van der Waals surface area contributed by atoms with E-state index in [0.717, 1.165) is 4.91 Å². The molecule has 1 heterocycles. The monoisotopic (exact) mass is 155 g/mol. The third kappa shape index (κ3) is 1.73. The van der Waals surface area contributed by atoms with E-state index in [0.29, 0.717) is 5.82 Å². The molecule has 1 rings (SSSR count). The number of aryl methyl sites for hydroxylation is 2. The summed E-state index contributed by atoms with van der Waals surface area (Å²) in [5, 5.41) is 21.5. The van der Waals surface area contributed by atoms with Crippen molar-refractivity contribution in [2.24, 2.45) is 12.1 Å². The van der Waals surface area contributed by atoms with Crippen LogP contribution in [0.5, 0.6) is 0 Å². The van der Waals surface area contributed by atoms with E-state index in [9.17, 15) is 5.11 Å². The Hall–Kier alpha value is -1.46. The second-order valence-electron chi connectivity index (χ2n) is 2.15. The van der Waals surface area contributed by atoms with E-state index < -0.39 is 0 Å². The topological polar surface area (TPSA) is 70.0 Å². The molecule has 6 heteroatoms. The van der Waals surface area contributed by atoms with Crippen molar-refractivity contribution in [3.8, 4) is 0 Å². The highest BCUT2D eigenvalue weighted by atomic mass is 16.3. The fourth-order valence-electron chi connectivity index (χ4n) is 0.567. The summed E-state index contributed by atoms with van der Waals surface area (Å²) in [6, 6.07) is 0. The molecule has 6 nitrogen and oxygen atoms in total. The summed E-state index contributed by atoms with van der Waals surface area (Å²) in [6.45, 7) is 3.12. The van der Waals surface area contributed by atoms with Crippen molar-refractivity contribution in [1.82, 2.24) is 15.2 Å². The molecule has 0 aliphatic heterocycles. The van der Waals surface area contributed by atoms with Gasteiger partial charge in [-0.2, -0.15) is 0 Å². The fourth-order valence-corrected chi connectivity index (χ4v) is 0.567. The summed E-state index contributed by atoms with van der Waals surface area (Å²) in [7, 11) is 1.73. The van der Waals surface area contributed by atoms with Crippen LogP contribution in [0.1, 0.15) is 12.7 Å². The highest BCUT2D eigenvalue weighted by molar-refractivity contribution is 5.67. The molecule has 0 fully saturated rings. The highest BCUT2D eigenvalue weighted by Gasteiger charge is 2.08. The van der Waals surface area contributed by atoms with Crippen LogP contribution in [0.15, 0.2) is 5.10 Å². The molecule has 0 bridgehead atoms. The number of tetrazole rings is 1. The SMILES string of the molecule is C/C([O-])=N/n1nc(C)[n+](C)n1. The molecule has 0 unspecified atom stereocenters. The number of aromatic nitrogens is 4. The maximum Gasteiger partial charge on any atom is 0.297 e. The van der Waals surface area contributed by atoms with Crippen LogP contribution in [0.25, 0.3) is 0 Å². The maximum atomic E-state index is 10.5. The van der Waals surface area contributed by atoms with Crippen LogP contribution in [-0.4, -0.2) is 21.1 Å². The van der Waals surface area contributed by atoms with Crippen molar-refractivity contribution < 1.29 is 9.79 Å². The predicted octanol–water partition coefficient (Wildman–Crippen LogP) is -2.05. The van der Waals surface area contributed by atoms with Gasteiger partial charge in [-0.3, -0.25) is 0 Å². The normalized spacial score (nSPS) is 12.1. The zero-order valence-corrected chi connectivity index (χ0v) is 6.64. The first-order valence-electron chi connectivity index (χ1n) is 3.12. The summed E-state index contributed by atoms with van der Waals surface area (Å²) < 4.78 is 1.53. The number of rotatable bonds is 1. The third-order valence-corrected chi connectivity index (χ3v) is 1.15. The van der Waals surface area contributed by atoms with Crippen LogP contribution < -0.4 is 9.79 Å². The van der Waals surface area contributed by atoms with Crippen LogP contribution in [0.2, 0.25) is 0 Å². The Balaban J connectivity index is 2.98. The van der Waals surface area contributed by atoms with Crippen LogP contribution in [-0.2, 0) is 7.05 Å².